The molecule has 15 heavy (non-hydrogen) atoms. The predicted molar refractivity (Wildman–Crippen MR) is 57.6 cm³/mol. The lowest BCUT2D eigenvalue weighted by molar-refractivity contribution is 0.539. The number of nitrogens with one attached hydrogen (secondary N) is 1. The molecule has 0 unspecified atom stereocenters. The summed E-state index contributed by atoms with van der Waals surface area (Å²) in [7, 11) is -3.46. The van der Waals surface area contributed by atoms with Gasteiger partial charge in [-0.2, -0.15) is 0 Å². The fourth-order valence-electron chi connectivity index (χ4n) is 1.85. The number of hydrogen-bond acceptors (Lipinski definition) is 3. The SMILES string of the molecule is CCN1C(=N)c2c(C)cccc2S1(=O)=O. The molecule has 1 aromatic rings. The van der Waals surface area contributed by atoms with Gasteiger partial charge in [0.25, 0.3) is 10.0 Å². The van der Waals surface area contributed by atoms with Crippen LogP contribution in [0.4, 0.5) is 0 Å². The molecule has 0 fully saturated rings. The van der Waals surface area contributed by atoms with Crippen LogP contribution in [0.3, 0.4) is 0 Å². The molecule has 0 bridgehead atoms. The third kappa shape index (κ3) is 1.19. The van der Waals surface area contributed by atoms with Gasteiger partial charge >= 0.3 is 0 Å². The van der Waals surface area contributed by atoms with Crippen LogP contribution in [0.15, 0.2) is 23.1 Å². The van der Waals surface area contributed by atoms with Crippen LogP contribution in [-0.2, 0) is 10.0 Å². The summed E-state index contributed by atoms with van der Waals surface area (Å²) in [4.78, 5) is 0.259. The zero-order valence-corrected chi connectivity index (χ0v) is 9.43. The molecular formula is C10H12N2O2S. The molecule has 80 valence electrons. The van der Waals surface area contributed by atoms with Crippen LogP contribution in [0.2, 0.25) is 0 Å². The number of hydrogen-bond donors (Lipinski definition) is 1. The number of nitrogens with zero attached hydrogens (tertiary/aromatic N) is 1. The minimum absolute atomic E-state index is 0.0885. The fraction of sp³-hybridized carbons (Fsp3) is 0.300. The van der Waals surface area contributed by atoms with Gasteiger partial charge in [-0.3, -0.25) is 5.41 Å². The minimum atomic E-state index is -3.46. The molecule has 0 spiro atoms. The van der Waals surface area contributed by atoms with Crippen molar-refractivity contribution in [3.05, 3.63) is 29.3 Å². The van der Waals surface area contributed by atoms with Crippen LogP contribution >= 0.6 is 0 Å². The van der Waals surface area contributed by atoms with Crippen molar-refractivity contribution in [3.8, 4) is 0 Å². The van der Waals surface area contributed by atoms with E-state index in [2.05, 4.69) is 0 Å². The maximum Gasteiger partial charge on any atom is 0.266 e. The molecule has 1 N–H and O–H groups in total. The van der Waals surface area contributed by atoms with Gasteiger partial charge in [0.05, 0.1) is 4.90 Å². The Bertz CT molecular complexity index is 534. The molecule has 0 aromatic heterocycles. The molecule has 0 saturated carbocycles. The Morgan fingerprint density at radius 2 is 2.07 bits per heavy atom. The second-order valence-corrected chi connectivity index (χ2v) is 5.30. The number of benzene rings is 1. The van der Waals surface area contributed by atoms with Gasteiger partial charge in [-0.05, 0) is 25.5 Å². The molecule has 5 heteroatoms. The van der Waals surface area contributed by atoms with Crippen molar-refractivity contribution in [2.75, 3.05) is 6.54 Å². The summed E-state index contributed by atoms with van der Waals surface area (Å²) in [5.41, 5.74) is 1.37. The minimum Gasteiger partial charge on any atom is -0.283 e. The Hall–Kier alpha value is -1.36. The first-order chi connectivity index (χ1) is 7.00. The number of aryl methyl sites for hydroxylation is 1. The molecule has 1 aliphatic heterocycles. The summed E-state index contributed by atoms with van der Waals surface area (Å²) < 4.78 is 25.1. The summed E-state index contributed by atoms with van der Waals surface area (Å²) >= 11 is 0. The van der Waals surface area contributed by atoms with E-state index in [1.54, 1.807) is 19.1 Å². The Balaban J connectivity index is 2.80. The summed E-state index contributed by atoms with van der Waals surface area (Å²) in [6.45, 7) is 3.85. The molecule has 0 amide bonds. The van der Waals surface area contributed by atoms with Crippen LogP contribution in [0.5, 0.6) is 0 Å². The van der Waals surface area contributed by atoms with E-state index in [0.717, 1.165) is 9.87 Å². The van der Waals surface area contributed by atoms with E-state index in [-0.39, 0.29) is 10.7 Å². The van der Waals surface area contributed by atoms with Crippen molar-refractivity contribution in [1.82, 2.24) is 4.31 Å². The first-order valence-electron chi connectivity index (χ1n) is 4.71. The molecule has 0 radical (unpaired) electrons. The van der Waals surface area contributed by atoms with Crippen molar-refractivity contribution < 1.29 is 8.42 Å². The first kappa shape index (κ1) is 10.2. The lowest BCUT2D eigenvalue weighted by atomic mass is 10.1. The largest absolute Gasteiger partial charge is 0.283 e. The molecule has 0 aliphatic carbocycles. The maximum atomic E-state index is 12.0. The Kier molecular flexibility index (Phi) is 2.08. The zero-order valence-electron chi connectivity index (χ0n) is 8.61. The molecule has 2 rings (SSSR count). The number of rotatable bonds is 1. The van der Waals surface area contributed by atoms with Crippen LogP contribution < -0.4 is 0 Å². The van der Waals surface area contributed by atoms with Crippen molar-refractivity contribution in [3.63, 3.8) is 0 Å². The van der Waals surface area contributed by atoms with Gasteiger partial charge in [0.1, 0.15) is 5.84 Å². The average Bonchev–Trinajstić information content (AvgIpc) is 2.36. The molecule has 1 aromatic carbocycles. The predicted octanol–water partition coefficient (Wildman–Crippen LogP) is 1.34. The molecule has 0 saturated heterocycles. The van der Waals surface area contributed by atoms with Gasteiger partial charge in [-0.15, -0.1) is 0 Å². The standard InChI is InChI=1S/C10H12N2O2S/c1-3-12-10(11)9-7(2)5-4-6-8(9)15(12,13)14/h4-6,11H,3H2,1-2H3. The van der Waals surface area contributed by atoms with Crippen molar-refractivity contribution in [1.29, 1.82) is 5.41 Å². The van der Waals surface area contributed by atoms with Crippen LogP contribution in [-0.4, -0.2) is 25.1 Å². The normalized spacial score (nSPS) is 18.0. The fourth-order valence-corrected chi connectivity index (χ4v) is 3.53. The van der Waals surface area contributed by atoms with E-state index < -0.39 is 10.0 Å². The van der Waals surface area contributed by atoms with Gasteiger partial charge in [0, 0.05) is 12.1 Å². The summed E-state index contributed by atoms with van der Waals surface area (Å²) in [5.74, 6) is 0.0885. The van der Waals surface area contributed by atoms with E-state index in [0.29, 0.717) is 12.1 Å². The summed E-state index contributed by atoms with van der Waals surface area (Å²) in [6.07, 6.45) is 0. The molecule has 1 heterocycles. The lowest BCUT2D eigenvalue weighted by Gasteiger charge is -2.13. The maximum absolute atomic E-state index is 12.0. The quantitative estimate of drug-likeness (QED) is 0.782. The van der Waals surface area contributed by atoms with Gasteiger partial charge in [-0.25, -0.2) is 12.7 Å². The summed E-state index contributed by atoms with van der Waals surface area (Å²) in [5, 5.41) is 7.83. The highest BCUT2D eigenvalue weighted by molar-refractivity contribution is 7.90. The second kappa shape index (κ2) is 3.06. The van der Waals surface area contributed by atoms with Crippen molar-refractivity contribution in [2.24, 2.45) is 0 Å². The second-order valence-electron chi connectivity index (χ2n) is 3.47. The highest BCUT2D eigenvalue weighted by Crippen LogP contribution is 2.31. The van der Waals surface area contributed by atoms with Crippen LogP contribution in [0.25, 0.3) is 0 Å². The van der Waals surface area contributed by atoms with Crippen molar-refractivity contribution >= 4 is 15.9 Å². The number of sulfonamides is 1. The highest BCUT2D eigenvalue weighted by Gasteiger charge is 2.38. The summed E-state index contributed by atoms with van der Waals surface area (Å²) in [6, 6.07) is 5.09. The van der Waals surface area contributed by atoms with E-state index >= 15 is 0 Å². The Labute approximate surface area is 89.1 Å². The lowest BCUT2D eigenvalue weighted by Crippen LogP contribution is -2.29. The zero-order chi connectivity index (χ0) is 11.2. The molecule has 1 aliphatic rings. The number of amidine groups is 1. The highest BCUT2D eigenvalue weighted by atomic mass is 32.2. The van der Waals surface area contributed by atoms with Crippen LogP contribution in [0.1, 0.15) is 18.1 Å². The van der Waals surface area contributed by atoms with Crippen molar-refractivity contribution in [2.45, 2.75) is 18.7 Å². The molecule has 0 atom stereocenters. The first-order valence-corrected chi connectivity index (χ1v) is 6.15. The van der Waals surface area contributed by atoms with Gasteiger partial charge in [0.2, 0.25) is 0 Å². The van der Waals surface area contributed by atoms with Gasteiger partial charge in [-0.1, -0.05) is 12.1 Å². The van der Waals surface area contributed by atoms with E-state index in [4.69, 9.17) is 5.41 Å². The molecule has 4 nitrogen and oxygen atoms in total. The third-order valence-electron chi connectivity index (χ3n) is 2.58. The van der Waals surface area contributed by atoms with E-state index in [1.165, 1.54) is 0 Å². The van der Waals surface area contributed by atoms with Crippen LogP contribution in [0, 0.1) is 12.3 Å². The van der Waals surface area contributed by atoms with E-state index in [1.807, 2.05) is 13.0 Å². The third-order valence-corrected chi connectivity index (χ3v) is 4.49. The monoisotopic (exact) mass is 224 g/mol. The molecular weight excluding hydrogens is 212 g/mol. The smallest absolute Gasteiger partial charge is 0.266 e. The Morgan fingerprint density at radius 1 is 1.40 bits per heavy atom. The van der Waals surface area contributed by atoms with Gasteiger partial charge < -0.3 is 0 Å². The average molecular weight is 224 g/mol. The number of fused-ring (bicyclic) bond motifs is 1. The Morgan fingerprint density at radius 3 is 2.60 bits per heavy atom. The topological polar surface area (TPSA) is 61.2 Å². The van der Waals surface area contributed by atoms with E-state index in [9.17, 15) is 8.42 Å². The van der Waals surface area contributed by atoms with Gasteiger partial charge in [0.15, 0.2) is 0 Å².